The molecule has 0 atom stereocenters. The van der Waals surface area contributed by atoms with Crippen molar-refractivity contribution < 1.29 is 9.53 Å². The van der Waals surface area contributed by atoms with E-state index in [0.717, 1.165) is 18.6 Å². The van der Waals surface area contributed by atoms with E-state index in [2.05, 4.69) is 6.08 Å². The largest absolute Gasteiger partial charge is 0.490 e. The number of rotatable bonds is 4. The Morgan fingerprint density at radius 2 is 2.50 bits per heavy atom. The van der Waals surface area contributed by atoms with Gasteiger partial charge in [0.1, 0.15) is 6.61 Å². The van der Waals surface area contributed by atoms with Crippen molar-refractivity contribution in [2.45, 2.75) is 26.2 Å². The standard InChI is InChI=1S/C10H14O2/c1-2-9(11)8-12-10-6-4-3-5-7-10/h3-4,6H,2,5,7-8H2,1H3. The van der Waals surface area contributed by atoms with E-state index in [4.69, 9.17) is 4.74 Å². The fraction of sp³-hybridized carbons (Fsp3) is 0.500. The lowest BCUT2D eigenvalue weighted by Gasteiger charge is -2.09. The van der Waals surface area contributed by atoms with Gasteiger partial charge in [-0.25, -0.2) is 0 Å². The first-order valence-electron chi connectivity index (χ1n) is 4.33. The fourth-order valence-electron chi connectivity index (χ4n) is 0.976. The number of ether oxygens (including phenoxy) is 1. The molecule has 0 aromatic carbocycles. The Morgan fingerprint density at radius 3 is 3.08 bits per heavy atom. The summed E-state index contributed by atoms with van der Waals surface area (Å²) < 4.78 is 5.30. The second kappa shape index (κ2) is 4.75. The number of hydrogen-bond donors (Lipinski definition) is 0. The summed E-state index contributed by atoms with van der Waals surface area (Å²) >= 11 is 0. The van der Waals surface area contributed by atoms with Crippen LogP contribution in [0, 0.1) is 0 Å². The third-order valence-electron chi connectivity index (χ3n) is 1.79. The Morgan fingerprint density at radius 1 is 1.67 bits per heavy atom. The molecule has 0 unspecified atom stereocenters. The van der Waals surface area contributed by atoms with Crippen LogP contribution in [0.5, 0.6) is 0 Å². The Bertz CT molecular complexity index is 214. The summed E-state index contributed by atoms with van der Waals surface area (Å²) in [7, 11) is 0. The van der Waals surface area contributed by atoms with Crippen LogP contribution in [-0.4, -0.2) is 12.4 Å². The third kappa shape index (κ3) is 2.91. The molecule has 12 heavy (non-hydrogen) atoms. The van der Waals surface area contributed by atoms with E-state index in [-0.39, 0.29) is 12.4 Å². The minimum Gasteiger partial charge on any atom is -0.490 e. The van der Waals surface area contributed by atoms with Gasteiger partial charge in [-0.15, -0.1) is 0 Å². The molecule has 0 aromatic heterocycles. The second-order valence-corrected chi connectivity index (χ2v) is 2.78. The van der Waals surface area contributed by atoms with Crippen molar-refractivity contribution in [3.8, 4) is 0 Å². The topological polar surface area (TPSA) is 26.3 Å². The first-order valence-corrected chi connectivity index (χ1v) is 4.33. The van der Waals surface area contributed by atoms with Gasteiger partial charge in [0.15, 0.2) is 5.78 Å². The summed E-state index contributed by atoms with van der Waals surface area (Å²) in [5.74, 6) is 1.09. The Balaban J connectivity index is 2.27. The van der Waals surface area contributed by atoms with Gasteiger partial charge in [-0.1, -0.05) is 19.1 Å². The fourth-order valence-corrected chi connectivity index (χ4v) is 0.976. The molecule has 66 valence electrons. The van der Waals surface area contributed by atoms with Gasteiger partial charge >= 0.3 is 0 Å². The maximum absolute atomic E-state index is 10.9. The number of carbonyl (C=O) groups is 1. The summed E-state index contributed by atoms with van der Waals surface area (Å²) in [6.07, 6.45) is 8.49. The van der Waals surface area contributed by atoms with Gasteiger partial charge in [0.25, 0.3) is 0 Å². The van der Waals surface area contributed by atoms with Crippen molar-refractivity contribution in [2.24, 2.45) is 0 Å². The molecule has 0 saturated heterocycles. The van der Waals surface area contributed by atoms with E-state index in [9.17, 15) is 4.79 Å². The maximum Gasteiger partial charge on any atom is 0.169 e. The third-order valence-corrected chi connectivity index (χ3v) is 1.79. The molecule has 1 aliphatic rings. The summed E-state index contributed by atoms with van der Waals surface area (Å²) in [4.78, 5) is 10.9. The van der Waals surface area contributed by atoms with Crippen LogP contribution < -0.4 is 0 Å². The first kappa shape index (κ1) is 9.04. The maximum atomic E-state index is 10.9. The molecule has 0 amide bonds. The molecule has 0 aliphatic heterocycles. The Kier molecular flexibility index (Phi) is 3.58. The van der Waals surface area contributed by atoms with Gasteiger partial charge in [-0.3, -0.25) is 4.79 Å². The van der Waals surface area contributed by atoms with Gasteiger partial charge in [0.2, 0.25) is 0 Å². The number of allylic oxidation sites excluding steroid dienone is 4. The molecular formula is C10H14O2. The minimum absolute atomic E-state index is 0.158. The van der Waals surface area contributed by atoms with E-state index < -0.39 is 0 Å². The monoisotopic (exact) mass is 166 g/mol. The second-order valence-electron chi connectivity index (χ2n) is 2.78. The predicted octanol–water partition coefficient (Wildman–Crippen LogP) is 2.22. The Labute approximate surface area is 72.9 Å². The highest BCUT2D eigenvalue weighted by atomic mass is 16.5. The molecule has 0 heterocycles. The van der Waals surface area contributed by atoms with E-state index in [1.165, 1.54) is 0 Å². The van der Waals surface area contributed by atoms with Crippen LogP contribution in [0.4, 0.5) is 0 Å². The highest BCUT2D eigenvalue weighted by Gasteiger charge is 2.03. The lowest BCUT2D eigenvalue weighted by Crippen LogP contribution is -2.07. The molecule has 1 aliphatic carbocycles. The molecule has 0 fully saturated rings. The molecule has 0 bridgehead atoms. The zero-order chi connectivity index (χ0) is 8.81. The van der Waals surface area contributed by atoms with Crippen molar-refractivity contribution in [3.63, 3.8) is 0 Å². The van der Waals surface area contributed by atoms with Crippen LogP contribution >= 0.6 is 0 Å². The minimum atomic E-state index is 0.158. The Hall–Kier alpha value is -1.05. The van der Waals surface area contributed by atoms with Crippen molar-refractivity contribution in [1.29, 1.82) is 0 Å². The lowest BCUT2D eigenvalue weighted by atomic mass is 10.2. The van der Waals surface area contributed by atoms with E-state index in [0.29, 0.717) is 6.42 Å². The molecule has 0 aromatic rings. The highest BCUT2D eigenvalue weighted by Crippen LogP contribution is 2.12. The average molecular weight is 166 g/mol. The van der Waals surface area contributed by atoms with Crippen LogP contribution in [0.1, 0.15) is 26.2 Å². The smallest absolute Gasteiger partial charge is 0.169 e. The van der Waals surface area contributed by atoms with Crippen LogP contribution in [-0.2, 0) is 9.53 Å². The van der Waals surface area contributed by atoms with Crippen LogP contribution in [0.3, 0.4) is 0 Å². The van der Waals surface area contributed by atoms with Gasteiger partial charge in [-0.2, -0.15) is 0 Å². The van der Waals surface area contributed by atoms with Crippen LogP contribution in [0.2, 0.25) is 0 Å². The highest BCUT2D eigenvalue weighted by molar-refractivity contribution is 5.79. The van der Waals surface area contributed by atoms with Crippen molar-refractivity contribution in [1.82, 2.24) is 0 Å². The van der Waals surface area contributed by atoms with E-state index in [1.807, 2.05) is 19.1 Å². The molecule has 2 nitrogen and oxygen atoms in total. The van der Waals surface area contributed by atoms with Crippen molar-refractivity contribution in [3.05, 3.63) is 24.0 Å². The molecular weight excluding hydrogens is 152 g/mol. The van der Waals surface area contributed by atoms with Crippen molar-refractivity contribution >= 4 is 5.78 Å². The van der Waals surface area contributed by atoms with Gasteiger partial charge < -0.3 is 4.74 Å². The molecule has 2 heteroatoms. The number of ketones is 1. The quantitative estimate of drug-likeness (QED) is 0.640. The molecule has 0 N–H and O–H groups in total. The average Bonchev–Trinajstić information content (AvgIpc) is 2.16. The predicted molar refractivity (Wildman–Crippen MR) is 47.7 cm³/mol. The van der Waals surface area contributed by atoms with Gasteiger partial charge in [0, 0.05) is 12.8 Å². The van der Waals surface area contributed by atoms with Crippen LogP contribution in [0.15, 0.2) is 24.0 Å². The molecule has 1 rings (SSSR count). The number of Topliss-reactive ketones (excluding diaryl/α,β-unsaturated/α-hetero) is 1. The summed E-state index contributed by atoms with van der Waals surface area (Å²) in [6, 6.07) is 0. The zero-order valence-electron chi connectivity index (χ0n) is 7.38. The summed E-state index contributed by atoms with van der Waals surface area (Å²) in [5.41, 5.74) is 0. The van der Waals surface area contributed by atoms with Gasteiger partial charge in [-0.05, 0) is 12.5 Å². The molecule has 0 spiro atoms. The SMILES string of the molecule is CCC(=O)COC1=CC=CCC1. The molecule has 0 radical (unpaired) electrons. The van der Waals surface area contributed by atoms with Gasteiger partial charge in [0.05, 0.1) is 5.76 Å². The summed E-state index contributed by atoms with van der Waals surface area (Å²) in [6.45, 7) is 2.08. The first-order chi connectivity index (χ1) is 5.83. The summed E-state index contributed by atoms with van der Waals surface area (Å²) in [5, 5.41) is 0. The zero-order valence-corrected chi connectivity index (χ0v) is 7.38. The normalized spacial score (nSPS) is 15.6. The lowest BCUT2D eigenvalue weighted by molar-refractivity contribution is -0.122. The van der Waals surface area contributed by atoms with Crippen LogP contribution in [0.25, 0.3) is 0 Å². The number of carbonyl (C=O) groups excluding carboxylic acids is 1. The van der Waals surface area contributed by atoms with E-state index >= 15 is 0 Å². The number of hydrogen-bond acceptors (Lipinski definition) is 2. The van der Waals surface area contributed by atoms with Crippen molar-refractivity contribution in [2.75, 3.05) is 6.61 Å². The molecule has 0 saturated carbocycles. The van der Waals surface area contributed by atoms with E-state index in [1.54, 1.807) is 0 Å².